The van der Waals surface area contributed by atoms with Gasteiger partial charge in [0.1, 0.15) is 30.2 Å². The second kappa shape index (κ2) is 17.4. The fraction of sp³-hybridized carbons (Fsp3) is 0.484. The van der Waals surface area contributed by atoms with Crippen molar-refractivity contribution in [2.24, 2.45) is 0 Å². The Morgan fingerprint density at radius 1 is 0.964 bits per heavy atom. The van der Waals surface area contributed by atoms with Gasteiger partial charge in [-0.3, -0.25) is 9.58 Å². The average molecular weight is 812 g/mol. The maximum Gasteiger partial charge on any atom is 0.490 e. The Morgan fingerprint density at radius 2 is 1.57 bits per heavy atom. The minimum absolute atomic E-state index is 0.195. The van der Waals surface area contributed by atoms with Gasteiger partial charge in [-0.05, 0) is 31.7 Å². The summed E-state index contributed by atoms with van der Waals surface area (Å²) in [6.45, 7) is 0.763. The molecule has 56 heavy (non-hydrogen) atoms. The van der Waals surface area contributed by atoms with Crippen LogP contribution in [-0.2, 0) is 21.3 Å². The molecule has 0 bridgehead atoms. The lowest BCUT2D eigenvalue weighted by Crippen LogP contribution is -2.65. The fourth-order valence-corrected chi connectivity index (χ4v) is 5.77. The van der Waals surface area contributed by atoms with Gasteiger partial charge in [-0.2, -0.15) is 59.8 Å². The lowest BCUT2D eigenvalue weighted by atomic mass is 9.82. The van der Waals surface area contributed by atoms with E-state index >= 15 is 0 Å². The van der Waals surface area contributed by atoms with Gasteiger partial charge in [0.2, 0.25) is 17.6 Å². The molecule has 0 aromatic carbocycles. The zero-order valence-corrected chi connectivity index (χ0v) is 28.4. The topological polar surface area (TPSA) is 225 Å². The number of aliphatic carboxylic acids is 2. The molecule has 0 unspecified atom stereocenters. The summed E-state index contributed by atoms with van der Waals surface area (Å²) >= 11 is 0. The number of H-pyrrole nitrogens is 1. The zero-order valence-electron chi connectivity index (χ0n) is 28.4. The van der Waals surface area contributed by atoms with Crippen LogP contribution < -0.4 is 9.47 Å². The van der Waals surface area contributed by atoms with E-state index in [1.807, 2.05) is 23.1 Å². The number of aliphatic hydroxyl groups is 1. The predicted molar refractivity (Wildman–Crippen MR) is 169 cm³/mol. The number of fused-ring (bicyclic) bond motifs is 1. The van der Waals surface area contributed by atoms with Crippen LogP contribution in [0.15, 0.2) is 37.1 Å². The number of alkyl halides is 9. The number of aromatic amines is 1. The summed E-state index contributed by atoms with van der Waals surface area (Å²) in [6.07, 6.45) is -5.07. The zero-order chi connectivity index (χ0) is 41.5. The van der Waals surface area contributed by atoms with Gasteiger partial charge in [0.05, 0.1) is 37.1 Å². The van der Waals surface area contributed by atoms with E-state index in [2.05, 4.69) is 41.0 Å². The van der Waals surface area contributed by atoms with Crippen LogP contribution in [-0.4, -0.2) is 118 Å². The molecule has 6 rings (SSSR count). The Hall–Kier alpha value is -5.77. The monoisotopic (exact) mass is 811 g/mol. The van der Waals surface area contributed by atoms with Crippen LogP contribution in [0.3, 0.4) is 0 Å². The first-order chi connectivity index (χ1) is 26.2. The van der Waals surface area contributed by atoms with Crippen LogP contribution in [0.2, 0.25) is 0 Å². The molecule has 0 radical (unpaired) electrons. The second-order valence-corrected chi connectivity index (χ2v) is 12.2. The first-order valence-corrected chi connectivity index (χ1v) is 16.1. The number of ether oxygens (including phenoxy) is 2. The smallest absolute Gasteiger partial charge is 0.475 e. The molecular weight excluding hydrogens is 781 g/mol. The molecule has 4 N–H and O–H groups in total. The van der Waals surface area contributed by atoms with Gasteiger partial charge in [0.15, 0.2) is 0 Å². The van der Waals surface area contributed by atoms with Crippen LogP contribution in [0, 0.1) is 11.3 Å². The van der Waals surface area contributed by atoms with Crippen LogP contribution in [0.5, 0.6) is 11.8 Å². The largest absolute Gasteiger partial charge is 0.490 e. The van der Waals surface area contributed by atoms with Gasteiger partial charge in [0, 0.05) is 42.5 Å². The number of hydrogen-bond donors (Lipinski definition) is 4. The molecule has 2 fully saturated rings. The van der Waals surface area contributed by atoms with Crippen molar-refractivity contribution < 1.29 is 73.9 Å². The molecule has 0 atom stereocenters. The molecule has 16 nitrogen and oxygen atoms in total. The number of carboxylic acid groups (broad SMARTS) is 2. The van der Waals surface area contributed by atoms with Crippen molar-refractivity contribution in [3.05, 3.63) is 42.9 Å². The summed E-state index contributed by atoms with van der Waals surface area (Å²) in [6, 6.07) is 5.71. The van der Waals surface area contributed by atoms with Crippen LogP contribution in [0.1, 0.15) is 37.9 Å². The third-order valence-electron chi connectivity index (χ3n) is 8.31. The van der Waals surface area contributed by atoms with Gasteiger partial charge in [-0.15, -0.1) is 0 Å². The molecule has 2 aliphatic rings. The molecule has 25 heteroatoms. The predicted octanol–water partition coefficient (Wildman–Crippen LogP) is 4.58. The normalized spacial score (nSPS) is 18.3. The van der Waals surface area contributed by atoms with Crippen LogP contribution in [0.4, 0.5) is 39.5 Å². The number of likely N-dealkylation sites (tertiary alicyclic amines) is 1. The summed E-state index contributed by atoms with van der Waals surface area (Å²) < 4.78 is 116. The van der Waals surface area contributed by atoms with Crippen molar-refractivity contribution in [1.82, 2.24) is 39.6 Å². The maximum absolute atomic E-state index is 13.3. The second-order valence-electron chi connectivity index (χ2n) is 12.2. The highest BCUT2D eigenvalue weighted by Crippen LogP contribution is 2.39. The summed E-state index contributed by atoms with van der Waals surface area (Å²) in [5, 5.41) is 38.3. The Bertz CT molecular complexity index is 1970. The molecule has 304 valence electrons. The number of nitrogens with one attached hydrogen (secondary N) is 1. The molecule has 1 aliphatic heterocycles. The minimum Gasteiger partial charge on any atom is -0.475 e. The van der Waals surface area contributed by atoms with Gasteiger partial charge in [-0.1, -0.05) is 0 Å². The third-order valence-corrected chi connectivity index (χ3v) is 8.31. The number of hydrogen-bond acceptors (Lipinski definition) is 12. The molecule has 1 aliphatic carbocycles. The van der Waals surface area contributed by atoms with E-state index < -0.39 is 41.8 Å². The van der Waals surface area contributed by atoms with Gasteiger partial charge in [-0.25, -0.2) is 19.6 Å². The van der Waals surface area contributed by atoms with E-state index in [1.54, 1.807) is 6.20 Å². The highest BCUT2D eigenvalue weighted by atomic mass is 19.4. The van der Waals surface area contributed by atoms with E-state index in [0.717, 1.165) is 35.1 Å². The lowest BCUT2D eigenvalue weighted by Gasteiger charge is -2.53. The number of rotatable bonds is 9. The number of aliphatic hydroxyl groups excluding tert-OH is 1. The molecule has 4 aromatic rings. The molecule has 0 spiro atoms. The Balaban J connectivity index is 0.000000425. The number of carbonyl (C=O) groups is 2. The number of carboxylic acids is 2. The van der Waals surface area contributed by atoms with E-state index in [-0.39, 0.29) is 37.1 Å². The number of halogens is 9. The van der Waals surface area contributed by atoms with Gasteiger partial charge < -0.3 is 29.8 Å². The molecular formula is C31H30F9N9O7. The van der Waals surface area contributed by atoms with Crippen molar-refractivity contribution >= 4 is 23.0 Å². The molecule has 1 saturated heterocycles. The van der Waals surface area contributed by atoms with Crippen molar-refractivity contribution in [3.8, 4) is 29.1 Å². The summed E-state index contributed by atoms with van der Waals surface area (Å²) in [7, 11) is 0. The maximum atomic E-state index is 13.3. The van der Waals surface area contributed by atoms with E-state index in [9.17, 15) is 44.8 Å². The van der Waals surface area contributed by atoms with Crippen molar-refractivity contribution in [2.75, 3.05) is 26.3 Å². The standard InChI is InChI=1S/C27H28F3N9O3.2C2HF3O2/c28-27(29,30)25-36-21(41-10-9-40)11-22(37-25)42-19-3-1-18(2-4-19)38-14-26(15-38,6-7-31)39-13-17(12-35-39)23-20-5-8-32-24(20)34-16-33-23;2*3-2(4,5)1(6)7/h5,8,11-13,16,18-19,40H,1-4,6,9-10,14-15H2,(H,32,33,34);2*(H,6,7). The van der Waals surface area contributed by atoms with E-state index in [0.29, 0.717) is 32.4 Å². The van der Waals surface area contributed by atoms with Crippen molar-refractivity contribution in [3.63, 3.8) is 0 Å². The quantitative estimate of drug-likeness (QED) is 0.170. The Morgan fingerprint density at radius 3 is 2.12 bits per heavy atom. The highest BCUT2D eigenvalue weighted by Gasteiger charge is 2.48. The first kappa shape index (κ1) is 43.0. The molecule has 0 amide bonds. The van der Waals surface area contributed by atoms with Crippen LogP contribution >= 0.6 is 0 Å². The number of aromatic nitrogens is 7. The molecule has 5 heterocycles. The van der Waals surface area contributed by atoms with E-state index in [4.69, 9.17) is 34.4 Å². The van der Waals surface area contributed by atoms with Crippen molar-refractivity contribution in [1.29, 1.82) is 5.26 Å². The van der Waals surface area contributed by atoms with E-state index in [1.165, 1.54) is 12.4 Å². The van der Waals surface area contributed by atoms with Gasteiger partial charge in [0.25, 0.3) is 0 Å². The highest BCUT2D eigenvalue weighted by molar-refractivity contribution is 5.90. The number of nitriles is 1. The summed E-state index contributed by atoms with van der Waals surface area (Å²) in [5.74, 6) is -7.38. The first-order valence-electron chi connectivity index (χ1n) is 16.1. The summed E-state index contributed by atoms with van der Waals surface area (Å²) in [5.41, 5.74) is 1.90. The average Bonchev–Trinajstić information content (AvgIpc) is 3.79. The Labute approximate surface area is 308 Å². The van der Waals surface area contributed by atoms with Crippen molar-refractivity contribution in [2.45, 2.75) is 68.3 Å². The van der Waals surface area contributed by atoms with Gasteiger partial charge >= 0.3 is 30.5 Å². The van der Waals surface area contributed by atoms with Crippen LogP contribution in [0.25, 0.3) is 22.3 Å². The fourth-order valence-electron chi connectivity index (χ4n) is 5.77. The number of nitrogens with zero attached hydrogens (tertiary/aromatic N) is 8. The minimum atomic E-state index is -5.08. The Kier molecular flexibility index (Phi) is 13.3. The molecule has 4 aromatic heterocycles. The summed E-state index contributed by atoms with van der Waals surface area (Å²) in [4.78, 5) is 38.8. The SMILES string of the molecule is N#CCC1(n2cc(-c3ncnc4[nH]ccc34)cn2)CN(C2CCC(Oc3cc(OCCO)nc(C(F)(F)F)n3)CC2)C1.O=C(O)C(F)(F)F.O=C(O)C(F)(F)F. The lowest BCUT2D eigenvalue weighted by molar-refractivity contribution is -0.193. The molecule has 1 saturated carbocycles. The third kappa shape index (κ3) is 10.9.